The van der Waals surface area contributed by atoms with Gasteiger partial charge in [-0.05, 0) is 69.2 Å². The van der Waals surface area contributed by atoms with Crippen molar-refractivity contribution < 1.29 is 39.5 Å². The molecule has 3 aromatic rings. The number of ether oxygens (including phenoxy) is 1. The molecule has 0 aliphatic rings. The number of carbonyl (C=O) groups excluding carboxylic acids is 1. The standard InChI is InChI=1S/C29H29ClF3N3O6S/c1-5-40-43(38,39)42-28(16-20-9-12-24(30)13-10-20,22-8-6-7-21(15-22)17-34)19(2)36-26(37)27(3,4)41-25-14-11-23(18-35-25)29(31,32)33/h6-15,18-19H,5,16H2,1-4H3,(H,36,37)/t19-,28?/m0/s1. The number of pyridine rings is 1. The Morgan fingerprint density at radius 1 is 1.09 bits per heavy atom. The average molecular weight is 640 g/mol. The maximum absolute atomic E-state index is 13.5. The van der Waals surface area contributed by atoms with Crippen molar-refractivity contribution in [1.29, 1.82) is 5.26 Å². The maximum atomic E-state index is 13.5. The van der Waals surface area contributed by atoms with Gasteiger partial charge in [-0.3, -0.25) is 4.79 Å². The summed E-state index contributed by atoms with van der Waals surface area (Å²) in [6.07, 6.45) is -4.15. The van der Waals surface area contributed by atoms with Crippen molar-refractivity contribution in [2.75, 3.05) is 6.61 Å². The Bertz CT molecular complexity index is 1580. The van der Waals surface area contributed by atoms with Crippen LogP contribution >= 0.6 is 11.6 Å². The van der Waals surface area contributed by atoms with Gasteiger partial charge in [0, 0.05) is 23.7 Å². The molecule has 0 bridgehead atoms. The second-order valence-electron chi connectivity index (χ2n) is 9.97. The summed E-state index contributed by atoms with van der Waals surface area (Å²) in [6.45, 7) is 5.45. The quantitative estimate of drug-likeness (QED) is 0.266. The van der Waals surface area contributed by atoms with Crippen LogP contribution in [0.1, 0.15) is 49.9 Å². The van der Waals surface area contributed by atoms with Crippen molar-refractivity contribution in [2.24, 2.45) is 0 Å². The van der Waals surface area contributed by atoms with Gasteiger partial charge < -0.3 is 10.1 Å². The molecule has 1 N–H and O–H groups in total. The number of nitriles is 1. The van der Waals surface area contributed by atoms with E-state index in [0.29, 0.717) is 16.8 Å². The van der Waals surface area contributed by atoms with Crippen LogP contribution in [0.5, 0.6) is 5.88 Å². The van der Waals surface area contributed by atoms with E-state index < -0.39 is 45.3 Å². The Kier molecular flexibility index (Phi) is 10.5. The van der Waals surface area contributed by atoms with Gasteiger partial charge in [0.15, 0.2) is 5.60 Å². The van der Waals surface area contributed by atoms with Gasteiger partial charge in [0.25, 0.3) is 5.91 Å². The fraction of sp³-hybridized carbons (Fsp3) is 0.345. The monoisotopic (exact) mass is 639 g/mol. The zero-order valence-corrected chi connectivity index (χ0v) is 25.2. The van der Waals surface area contributed by atoms with Gasteiger partial charge in [0.05, 0.1) is 29.8 Å². The van der Waals surface area contributed by atoms with Crippen molar-refractivity contribution >= 4 is 27.9 Å². The summed E-state index contributed by atoms with van der Waals surface area (Å²) in [5.74, 6) is -1.01. The summed E-state index contributed by atoms with van der Waals surface area (Å²) in [5.41, 5.74) is -3.54. The molecule has 1 aromatic heterocycles. The zero-order valence-electron chi connectivity index (χ0n) is 23.6. The van der Waals surface area contributed by atoms with Crippen LogP contribution in [-0.2, 0) is 41.8 Å². The maximum Gasteiger partial charge on any atom is 0.417 e. The van der Waals surface area contributed by atoms with E-state index >= 15 is 0 Å². The topological polar surface area (TPSA) is 128 Å². The SMILES string of the molecule is CCOS(=O)(=O)OC(Cc1ccc(Cl)cc1)(c1cccc(C#N)c1)[C@H](C)NC(=O)C(C)(C)Oc1ccc(C(F)(F)F)cn1. The van der Waals surface area contributed by atoms with Crippen LogP contribution in [0.25, 0.3) is 0 Å². The van der Waals surface area contributed by atoms with Crippen LogP contribution < -0.4 is 10.1 Å². The average Bonchev–Trinajstić information content (AvgIpc) is 2.93. The molecule has 14 heteroatoms. The molecule has 0 saturated heterocycles. The third kappa shape index (κ3) is 8.67. The zero-order chi connectivity index (χ0) is 32.1. The molecule has 3 rings (SSSR count). The fourth-order valence-corrected chi connectivity index (χ4v) is 5.29. The van der Waals surface area contributed by atoms with E-state index in [1.54, 1.807) is 36.4 Å². The number of hydrogen-bond donors (Lipinski definition) is 1. The predicted octanol–water partition coefficient (Wildman–Crippen LogP) is 5.72. The summed E-state index contributed by atoms with van der Waals surface area (Å²) < 4.78 is 81.1. The van der Waals surface area contributed by atoms with Gasteiger partial charge >= 0.3 is 16.6 Å². The molecular formula is C29H29ClF3N3O6S. The number of alkyl halides is 3. The largest absolute Gasteiger partial charge is 0.462 e. The first-order valence-corrected chi connectivity index (χ1v) is 14.6. The Hall–Kier alpha value is -3.70. The van der Waals surface area contributed by atoms with Crippen LogP contribution in [-0.4, -0.2) is 37.6 Å². The third-order valence-electron chi connectivity index (χ3n) is 6.39. The Balaban J connectivity index is 2.05. The van der Waals surface area contributed by atoms with Crippen LogP contribution in [0.2, 0.25) is 5.02 Å². The van der Waals surface area contributed by atoms with Crippen LogP contribution in [0.3, 0.4) is 0 Å². The first kappa shape index (κ1) is 33.8. The molecule has 0 fully saturated rings. The molecule has 230 valence electrons. The highest BCUT2D eigenvalue weighted by Crippen LogP contribution is 2.37. The first-order chi connectivity index (χ1) is 20.0. The van der Waals surface area contributed by atoms with E-state index in [-0.39, 0.29) is 30.0 Å². The van der Waals surface area contributed by atoms with E-state index in [4.69, 9.17) is 24.7 Å². The highest BCUT2D eigenvalue weighted by atomic mass is 35.5. The lowest BCUT2D eigenvalue weighted by Crippen LogP contribution is -2.57. The number of aromatic nitrogens is 1. The van der Waals surface area contributed by atoms with Crippen LogP contribution in [0.4, 0.5) is 13.2 Å². The molecule has 0 radical (unpaired) electrons. The smallest absolute Gasteiger partial charge is 0.417 e. The Morgan fingerprint density at radius 3 is 2.33 bits per heavy atom. The number of benzene rings is 2. The molecular weight excluding hydrogens is 611 g/mol. The van der Waals surface area contributed by atoms with Crippen molar-refractivity contribution in [1.82, 2.24) is 10.3 Å². The minimum absolute atomic E-state index is 0.130. The number of nitrogens with zero attached hydrogens (tertiary/aromatic N) is 2. The van der Waals surface area contributed by atoms with Gasteiger partial charge in [-0.15, -0.1) is 0 Å². The Labute approximate surface area is 252 Å². The van der Waals surface area contributed by atoms with E-state index in [1.807, 2.05) is 6.07 Å². The number of nitrogens with one attached hydrogen (secondary N) is 1. The molecule has 9 nitrogen and oxygen atoms in total. The number of halogens is 4. The second kappa shape index (κ2) is 13.3. The lowest BCUT2D eigenvalue weighted by Gasteiger charge is -2.40. The number of rotatable bonds is 12. The van der Waals surface area contributed by atoms with Crippen molar-refractivity contribution in [3.05, 3.63) is 94.1 Å². The van der Waals surface area contributed by atoms with Crippen molar-refractivity contribution in [3.8, 4) is 11.9 Å². The summed E-state index contributed by atoms with van der Waals surface area (Å²) in [4.78, 5) is 17.2. The first-order valence-electron chi connectivity index (χ1n) is 12.9. The van der Waals surface area contributed by atoms with E-state index in [2.05, 4.69) is 10.3 Å². The molecule has 0 aliphatic heterocycles. The summed E-state index contributed by atoms with van der Waals surface area (Å²) in [7, 11) is -4.66. The van der Waals surface area contributed by atoms with E-state index in [9.17, 15) is 31.6 Å². The van der Waals surface area contributed by atoms with Crippen LogP contribution in [0, 0.1) is 11.3 Å². The van der Waals surface area contributed by atoms with Gasteiger partial charge in [-0.1, -0.05) is 35.9 Å². The molecule has 0 spiro atoms. The molecule has 43 heavy (non-hydrogen) atoms. The second-order valence-corrected chi connectivity index (χ2v) is 11.6. The molecule has 2 atom stereocenters. The summed E-state index contributed by atoms with van der Waals surface area (Å²) in [5, 5.41) is 12.7. The lowest BCUT2D eigenvalue weighted by atomic mass is 9.81. The third-order valence-corrected chi connectivity index (χ3v) is 7.67. The summed E-state index contributed by atoms with van der Waals surface area (Å²) in [6, 6.07) is 15.2. The number of amides is 1. The minimum atomic E-state index is -4.66. The molecule has 0 aliphatic carbocycles. The van der Waals surface area contributed by atoms with Gasteiger partial charge in [-0.2, -0.15) is 26.9 Å². The minimum Gasteiger partial charge on any atom is -0.462 e. The van der Waals surface area contributed by atoms with Crippen molar-refractivity contribution in [3.63, 3.8) is 0 Å². The normalized spacial score (nSPS) is 14.3. The lowest BCUT2D eigenvalue weighted by molar-refractivity contribution is -0.139. The van der Waals surface area contributed by atoms with Gasteiger partial charge in [0.1, 0.15) is 5.60 Å². The Morgan fingerprint density at radius 2 is 1.77 bits per heavy atom. The van der Waals surface area contributed by atoms with Gasteiger partial charge in [-0.25, -0.2) is 13.4 Å². The fourth-order valence-electron chi connectivity index (χ4n) is 4.17. The highest BCUT2D eigenvalue weighted by Gasteiger charge is 2.47. The molecule has 1 heterocycles. The van der Waals surface area contributed by atoms with E-state index in [0.717, 1.165) is 12.1 Å². The molecule has 1 amide bonds. The number of hydrogen-bond acceptors (Lipinski definition) is 8. The molecule has 0 saturated carbocycles. The van der Waals surface area contributed by atoms with Gasteiger partial charge in [0.2, 0.25) is 5.88 Å². The van der Waals surface area contributed by atoms with Crippen molar-refractivity contribution in [2.45, 2.75) is 57.5 Å². The molecule has 2 aromatic carbocycles. The summed E-state index contributed by atoms with van der Waals surface area (Å²) >= 11 is 6.05. The van der Waals surface area contributed by atoms with Crippen LogP contribution in [0.15, 0.2) is 66.9 Å². The predicted molar refractivity (Wildman–Crippen MR) is 151 cm³/mol. The molecule has 1 unspecified atom stereocenters. The number of carbonyl (C=O) groups is 1. The highest BCUT2D eigenvalue weighted by molar-refractivity contribution is 7.81. The van der Waals surface area contributed by atoms with E-state index in [1.165, 1.54) is 39.8 Å².